The molecular formula is C16H16N2O3. The molecule has 2 amide bonds. The number of carbonyl (C=O) groups is 2. The van der Waals surface area contributed by atoms with Gasteiger partial charge in [-0.3, -0.25) is 0 Å². The number of methoxy groups -OCH3 is 1. The van der Waals surface area contributed by atoms with E-state index in [1.807, 2.05) is 25.1 Å². The van der Waals surface area contributed by atoms with Crippen molar-refractivity contribution in [2.24, 2.45) is 0 Å². The van der Waals surface area contributed by atoms with Crippen LogP contribution in [0.15, 0.2) is 48.5 Å². The number of urea groups is 1. The number of hydrogen-bond acceptors (Lipinski definition) is 3. The number of anilines is 2. The van der Waals surface area contributed by atoms with Gasteiger partial charge in [0.25, 0.3) is 0 Å². The minimum Gasteiger partial charge on any atom is -0.465 e. The van der Waals surface area contributed by atoms with Crippen LogP contribution in [0.4, 0.5) is 16.2 Å². The van der Waals surface area contributed by atoms with Gasteiger partial charge in [0.15, 0.2) is 0 Å². The zero-order valence-electron chi connectivity index (χ0n) is 11.8. The number of amides is 2. The second-order valence-electron chi connectivity index (χ2n) is 4.52. The number of benzene rings is 2. The maximum absolute atomic E-state index is 11.9. The molecule has 0 radical (unpaired) electrons. The molecule has 2 aromatic carbocycles. The van der Waals surface area contributed by atoms with E-state index < -0.39 is 5.97 Å². The molecule has 0 spiro atoms. The van der Waals surface area contributed by atoms with Crippen molar-refractivity contribution in [1.82, 2.24) is 0 Å². The molecule has 2 aromatic rings. The second-order valence-corrected chi connectivity index (χ2v) is 4.52. The van der Waals surface area contributed by atoms with Crippen molar-refractivity contribution in [3.8, 4) is 0 Å². The Morgan fingerprint density at radius 2 is 1.57 bits per heavy atom. The van der Waals surface area contributed by atoms with Gasteiger partial charge >= 0.3 is 12.0 Å². The van der Waals surface area contributed by atoms with E-state index in [-0.39, 0.29) is 6.03 Å². The molecule has 21 heavy (non-hydrogen) atoms. The second kappa shape index (κ2) is 6.56. The van der Waals surface area contributed by atoms with E-state index in [4.69, 9.17) is 0 Å². The first-order valence-electron chi connectivity index (χ1n) is 6.41. The van der Waals surface area contributed by atoms with E-state index in [0.717, 1.165) is 5.56 Å². The highest BCUT2D eigenvalue weighted by Crippen LogP contribution is 2.13. The van der Waals surface area contributed by atoms with Gasteiger partial charge in [-0.2, -0.15) is 0 Å². The summed E-state index contributed by atoms with van der Waals surface area (Å²) in [7, 11) is 1.31. The summed E-state index contributed by atoms with van der Waals surface area (Å²) in [5.74, 6) is -0.447. The molecule has 0 aromatic heterocycles. The van der Waals surface area contributed by atoms with Gasteiger partial charge in [0.2, 0.25) is 0 Å². The minimum atomic E-state index is -0.447. The molecule has 0 heterocycles. The Kier molecular flexibility index (Phi) is 4.56. The number of rotatable bonds is 3. The summed E-state index contributed by atoms with van der Waals surface area (Å²) < 4.78 is 4.64. The summed E-state index contributed by atoms with van der Waals surface area (Å²) in [4.78, 5) is 23.3. The van der Waals surface area contributed by atoms with Crippen LogP contribution >= 0.6 is 0 Å². The Bertz CT molecular complexity index is 668. The lowest BCUT2D eigenvalue weighted by molar-refractivity contribution is 0.0600. The van der Waals surface area contributed by atoms with Crippen LogP contribution in [0.3, 0.4) is 0 Å². The van der Waals surface area contributed by atoms with Gasteiger partial charge in [0.1, 0.15) is 0 Å². The van der Waals surface area contributed by atoms with Crippen LogP contribution in [0.5, 0.6) is 0 Å². The average Bonchev–Trinajstić information content (AvgIpc) is 2.46. The van der Waals surface area contributed by atoms with E-state index in [1.54, 1.807) is 30.3 Å². The van der Waals surface area contributed by atoms with E-state index in [2.05, 4.69) is 15.4 Å². The molecule has 0 saturated heterocycles. The number of nitrogens with one attached hydrogen (secondary N) is 2. The molecule has 0 fully saturated rings. The quantitative estimate of drug-likeness (QED) is 0.848. The lowest BCUT2D eigenvalue weighted by Crippen LogP contribution is -2.19. The summed E-state index contributed by atoms with van der Waals surface area (Å²) in [5, 5.41) is 5.40. The first-order valence-corrected chi connectivity index (χ1v) is 6.41. The van der Waals surface area contributed by atoms with Gasteiger partial charge < -0.3 is 15.4 Å². The highest BCUT2D eigenvalue weighted by molar-refractivity contribution is 6.00. The van der Waals surface area contributed by atoms with Crippen LogP contribution in [0.1, 0.15) is 15.9 Å². The molecule has 0 aliphatic rings. The van der Waals surface area contributed by atoms with Crippen molar-refractivity contribution in [3.63, 3.8) is 0 Å². The number of aryl methyl sites for hydroxylation is 1. The van der Waals surface area contributed by atoms with Gasteiger partial charge in [-0.25, -0.2) is 9.59 Å². The van der Waals surface area contributed by atoms with Crippen LogP contribution in [0, 0.1) is 6.92 Å². The summed E-state index contributed by atoms with van der Waals surface area (Å²) in [5.41, 5.74) is 2.66. The molecule has 108 valence electrons. The smallest absolute Gasteiger partial charge is 0.337 e. The largest absolute Gasteiger partial charge is 0.465 e. The Morgan fingerprint density at radius 3 is 2.19 bits per heavy atom. The summed E-state index contributed by atoms with van der Waals surface area (Å²) in [6.07, 6.45) is 0. The van der Waals surface area contributed by atoms with E-state index in [9.17, 15) is 9.59 Å². The molecule has 0 bridgehead atoms. The average molecular weight is 284 g/mol. The Balaban J connectivity index is 2.04. The minimum absolute atomic E-state index is 0.373. The predicted octanol–water partition coefficient (Wildman–Crippen LogP) is 3.43. The maximum Gasteiger partial charge on any atom is 0.337 e. The van der Waals surface area contributed by atoms with Crippen LogP contribution in [0.2, 0.25) is 0 Å². The molecule has 0 unspecified atom stereocenters. The van der Waals surface area contributed by atoms with Crippen molar-refractivity contribution >= 4 is 23.4 Å². The van der Waals surface area contributed by atoms with Crippen molar-refractivity contribution < 1.29 is 14.3 Å². The van der Waals surface area contributed by atoms with Crippen molar-refractivity contribution in [2.75, 3.05) is 17.7 Å². The van der Waals surface area contributed by atoms with Gasteiger partial charge in [0.05, 0.1) is 12.7 Å². The SMILES string of the molecule is COC(=O)c1cccc(NC(=O)Nc2cccc(C)c2)c1. The van der Waals surface area contributed by atoms with E-state index in [1.165, 1.54) is 7.11 Å². The highest BCUT2D eigenvalue weighted by atomic mass is 16.5. The first kappa shape index (κ1) is 14.6. The summed E-state index contributed by atoms with van der Waals surface area (Å²) in [6.45, 7) is 1.95. The monoisotopic (exact) mass is 284 g/mol. The third-order valence-electron chi connectivity index (χ3n) is 2.82. The molecule has 5 heteroatoms. The number of carbonyl (C=O) groups excluding carboxylic acids is 2. The normalized spacial score (nSPS) is 9.81. The third kappa shape index (κ3) is 4.07. The van der Waals surface area contributed by atoms with Gasteiger partial charge in [-0.15, -0.1) is 0 Å². The number of hydrogen-bond donors (Lipinski definition) is 2. The molecule has 0 aliphatic heterocycles. The fourth-order valence-electron chi connectivity index (χ4n) is 1.86. The predicted molar refractivity (Wildman–Crippen MR) is 81.6 cm³/mol. The van der Waals surface area contributed by atoms with Crippen LogP contribution < -0.4 is 10.6 Å². The molecule has 2 N–H and O–H groups in total. The lowest BCUT2D eigenvalue weighted by atomic mass is 10.2. The Morgan fingerprint density at radius 1 is 0.952 bits per heavy atom. The number of esters is 1. The Hall–Kier alpha value is -2.82. The van der Waals surface area contributed by atoms with E-state index >= 15 is 0 Å². The van der Waals surface area contributed by atoms with Gasteiger partial charge in [-0.1, -0.05) is 18.2 Å². The fraction of sp³-hybridized carbons (Fsp3) is 0.125. The molecule has 0 aliphatic carbocycles. The van der Waals surface area contributed by atoms with Crippen LogP contribution in [-0.4, -0.2) is 19.1 Å². The fourth-order valence-corrected chi connectivity index (χ4v) is 1.86. The van der Waals surface area contributed by atoms with Crippen molar-refractivity contribution in [1.29, 1.82) is 0 Å². The first-order chi connectivity index (χ1) is 10.1. The topological polar surface area (TPSA) is 67.4 Å². The van der Waals surface area contributed by atoms with Gasteiger partial charge in [0, 0.05) is 11.4 Å². The number of ether oxygens (including phenoxy) is 1. The third-order valence-corrected chi connectivity index (χ3v) is 2.82. The molecule has 5 nitrogen and oxygen atoms in total. The zero-order valence-corrected chi connectivity index (χ0v) is 11.8. The maximum atomic E-state index is 11.9. The standard InChI is InChI=1S/C16H16N2O3/c1-11-5-3-7-13(9-11)17-16(20)18-14-8-4-6-12(10-14)15(19)21-2/h3-10H,1-2H3,(H2,17,18,20). The van der Waals surface area contributed by atoms with E-state index in [0.29, 0.717) is 16.9 Å². The molecular weight excluding hydrogens is 268 g/mol. The Labute approximate surface area is 122 Å². The molecule has 0 atom stereocenters. The van der Waals surface area contributed by atoms with Crippen molar-refractivity contribution in [2.45, 2.75) is 6.92 Å². The van der Waals surface area contributed by atoms with Crippen LogP contribution in [-0.2, 0) is 4.74 Å². The molecule has 2 rings (SSSR count). The van der Waals surface area contributed by atoms with Crippen LogP contribution in [0.25, 0.3) is 0 Å². The summed E-state index contributed by atoms with van der Waals surface area (Å²) in [6, 6.07) is 13.7. The highest BCUT2D eigenvalue weighted by Gasteiger charge is 2.07. The van der Waals surface area contributed by atoms with Crippen molar-refractivity contribution in [3.05, 3.63) is 59.7 Å². The summed E-state index contributed by atoms with van der Waals surface area (Å²) >= 11 is 0. The van der Waals surface area contributed by atoms with Gasteiger partial charge in [-0.05, 0) is 42.8 Å². The molecule has 0 saturated carbocycles. The zero-order chi connectivity index (χ0) is 15.2. The lowest BCUT2D eigenvalue weighted by Gasteiger charge is -2.09.